The fraction of sp³-hybridized carbons (Fsp3) is 0.333. The topological polar surface area (TPSA) is 96.8 Å². The highest BCUT2D eigenvalue weighted by molar-refractivity contribution is 7.90. The highest BCUT2D eigenvalue weighted by Gasteiger charge is 2.47. The van der Waals surface area contributed by atoms with Gasteiger partial charge in [-0.3, -0.25) is 9.69 Å². The molecular weight excluding hydrogens is 526 g/mol. The van der Waals surface area contributed by atoms with Crippen LogP contribution < -0.4 is 5.43 Å². The lowest BCUT2D eigenvalue weighted by Crippen LogP contribution is -2.57. The number of anilines is 1. The van der Waals surface area contributed by atoms with Crippen LogP contribution >= 0.6 is 0 Å². The zero-order valence-corrected chi connectivity index (χ0v) is 23.5. The smallest absolute Gasteiger partial charge is 0.304 e. The van der Waals surface area contributed by atoms with Gasteiger partial charge < -0.3 is 10.2 Å². The molecule has 9 nitrogen and oxygen atoms in total. The molecule has 1 N–H and O–H groups in total. The summed E-state index contributed by atoms with van der Waals surface area (Å²) in [5.74, 6) is -0.230. The first-order valence-electron chi connectivity index (χ1n) is 13.6. The summed E-state index contributed by atoms with van der Waals surface area (Å²) in [6.45, 7) is 6.57. The summed E-state index contributed by atoms with van der Waals surface area (Å²) >= 11 is 0. The molecule has 10 heteroatoms. The minimum absolute atomic E-state index is 0.108. The quantitative estimate of drug-likeness (QED) is 0.328. The highest BCUT2D eigenvalue weighted by atomic mass is 32.2. The van der Waals surface area contributed by atoms with Crippen LogP contribution in [0.3, 0.4) is 0 Å². The SMILES string of the molecule is CC(=O)OC(C)(C1CCN(Cc2ccccc2)CC1)N1Cc2c(cnc3c2ccn3S(=O)(=O)c2ccccc2)N1. The number of nitrogens with zero attached hydrogens (tertiary/aromatic N) is 4. The number of hydrogen-bond donors (Lipinski definition) is 1. The molecule has 208 valence electrons. The molecule has 2 aliphatic heterocycles. The lowest BCUT2D eigenvalue weighted by Gasteiger charge is -2.46. The van der Waals surface area contributed by atoms with Crippen molar-refractivity contribution in [1.29, 1.82) is 0 Å². The number of aromatic nitrogens is 2. The summed E-state index contributed by atoms with van der Waals surface area (Å²) in [5.41, 5.74) is 5.89. The van der Waals surface area contributed by atoms with Gasteiger partial charge in [0.05, 0.1) is 16.8 Å². The fourth-order valence-electron chi connectivity index (χ4n) is 6.01. The Bertz CT molecular complexity index is 1630. The predicted molar refractivity (Wildman–Crippen MR) is 153 cm³/mol. The predicted octanol–water partition coefficient (Wildman–Crippen LogP) is 4.61. The Hall–Kier alpha value is -3.73. The molecule has 40 heavy (non-hydrogen) atoms. The third kappa shape index (κ3) is 4.76. The van der Waals surface area contributed by atoms with E-state index in [4.69, 9.17) is 4.74 Å². The maximum Gasteiger partial charge on any atom is 0.304 e. The second kappa shape index (κ2) is 10.3. The normalized spacial score (nSPS) is 18.2. The van der Waals surface area contributed by atoms with Crippen molar-refractivity contribution in [1.82, 2.24) is 18.9 Å². The number of esters is 1. The molecule has 1 fully saturated rings. The van der Waals surface area contributed by atoms with Crippen molar-refractivity contribution in [3.63, 3.8) is 0 Å². The number of nitrogens with one attached hydrogen (secondary N) is 1. The van der Waals surface area contributed by atoms with Crippen LogP contribution in [0, 0.1) is 5.92 Å². The van der Waals surface area contributed by atoms with E-state index in [1.54, 1.807) is 48.8 Å². The maximum atomic E-state index is 13.3. The molecule has 0 radical (unpaired) electrons. The van der Waals surface area contributed by atoms with Gasteiger partial charge in [0.25, 0.3) is 10.0 Å². The van der Waals surface area contributed by atoms with Gasteiger partial charge in [-0.2, -0.15) is 5.01 Å². The number of ether oxygens (including phenoxy) is 1. The number of hydrazine groups is 1. The molecule has 0 spiro atoms. The molecule has 4 heterocycles. The third-order valence-corrected chi connectivity index (χ3v) is 9.82. The summed E-state index contributed by atoms with van der Waals surface area (Å²) in [7, 11) is -3.80. The second-order valence-electron chi connectivity index (χ2n) is 10.7. The van der Waals surface area contributed by atoms with E-state index < -0.39 is 15.7 Å². The number of pyridine rings is 1. The van der Waals surface area contributed by atoms with E-state index in [1.807, 2.05) is 18.0 Å². The van der Waals surface area contributed by atoms with E-state index in [9.17, 15) is 13.2 Å². The second-order valence-corrected chi connectivity index (χ2v) is 12.5. The molecular formula is C30H33N5O4S. The molecule has 1 unspecified atom stereocenters. The number of likely N-dealkylation sites (tertiary alicyclic amines) is 1. The Morgan fingerprint density at radius 1 is 1.05 bits per heavy atom. The Kier molecular flexibility index (Phi) is 6.85. The van der Waals surface area contributed by atoms with E-state index in [0.29, 0.717) is 12.2 Å². The number of carbonyl (C=O) groups is 1. The average Bonchev–Trinajstić information content (AvgIpc) is 3.59. The van der Waals surface area contributed by atoms with Crippen LogP contribution in [0.4, 0.5) is 5.69 Å². The summed E-state index contributed by atoms with van der Waals surface area (Å²) in [6, 6.07) is 20.6. The van der Waals surface area contributed by atoms with Crippen molar-refractivity contribution >= 4 is 32.7 Å². The summed E-state index contributed by atoms with van der Waals surface area (Å²) in [6.07, 6.45) is 4.97. The van der Waals surface area contributed by atoms with Crippen LogP contribution in [0.15, 0.2) is 84.0 Å². The van der Waals surface area contributed by atoms with Crippen molar-refractivity contribution in [3.8, 4) is 0 Å². The van der Waals surface area contributed by atoms with Gasteiger partial charge in [0.2, 0.25) is 0 Å². The van der Waals surface area contributed by atoms with E-state index in [1.165, 1.54) is 16.5 Å². The minimum Gasteiger partial charge on any atom is -0.442 e. The van der Waals surface area contributed by atoms with Gasteiger partial charge in [-0.15, -0.1) is 0 Å². The standard InChI is InChI=1S/C30H33N5O4S/c1-22(36)39-30(2,24-13-16-33(17-14-24)20-23-9-5-3-6-10-23)35-21-27-26-15-18-34(29(26)31-19-28(27)32-35)40(37,38)25-11-7-4-8-12-25/h3-12,15,18-19,24,32H,13-14,16-17,20-21H2,1-2H3. The highest BCUT2D eigenvalue weighted by Crippen LogP contribution is 2.41. The molecule has 0 aliphatic carbocycles. The van der Waals surface area contributed by atoms with Gasteiger partial charge >= 0.3 is 5.97 Å². The monoisotopic (exact) mass is 559 g/mol. The Morgan fingerprint density at radius 3 is 2.40 bits per heavy atom. The van der Waals surface area contributed by atoms with Crippen molar-refractivity contribution in [2.45, 2.75) is 50.4 Å². The zero-order valence-electron chi connectivity index (χ0n) is 22.7. The van der Waals surface area contributed by atoms with Gasteiger partial charge in [-0.1, -0.05) is 48.5 Å². The van der Waals surface area contributed by atoms with E-state index in [0.717, 1.165) is 49.1 Å². The molecule has 6 rings (SSSR count). The number of benzene rings is 2. The van der Waals surface area contributed by atoms with E-state index >= 15 is 0 Å². The number of carbonyl (C=O) groups excluding carboxylic acids is 1. The Balaban J connectivity index is 1.25. The minimum atomic E-state index is -3.80. The first-order valence-corrected chi connectivity index (χ1v) is 15.0. The van der Waals surface area contributed by atoms with Crippen LogP contribution in [0.1, 0.15) is 37.8 Å². The summed E-state index contributed by atoms with van der Waals surface area (Å²) in [4.78, 5) is 19.5. The molecule has 0 amide bonds. The molecule has 4 aromatic rings. The van der Waals surface area contributed by atoms with Gasteiger partial charge in [-0.05, 0) is 56.6 Å². The first kappa shape index (κ1) is 26.5. The average molecular weight is 560 g/mol. The molecule has 0 saturated carbocycles. The third-order valence-electron chi connectivity index (χ3n) is 8.14. The van der Waals surface area contributed by atoms with Gasteiger partial charge in [0.15, 0.2) is 11.4 Å². The van der Waals surface area contributed by atoms with Crippen LogP contribution in [0.25, 0.3) is 11.0 Å². The first-order chi connectivity index (χ1) is 19.3. The molecule has 1 saturated heterocycles. The number of piperidine rings is 1. The van der Waals surface area contributed by atoms with Crippen molar-refractivity contribution < 1.29 is 17.9 Å². The van der Waals surface area contributed by atoms with Crippen molar-refractivity contribution in [2.24, 2.45) is 5.92 Å². The van der Waals surface area contributed by atoms with Crippen molar-refractivity contribution in [3.05, 3.63) is 90.3 Å². The number of fused-ring (bicyclic) bond motifs is 3. The molecule has 2 aromatic heterocycles. The van der Waals surface area contributed by atoms with Crippen LogP contribution in [0.2, 0.25) is 0 Å². The Labute approximate surface area is 234 Å². The lowest BCUT2D eigenvalue weighted by atomic mass is 9.86. The molecule has 2 aliphatic rings. The van der Waals surface area contributed by atoms with E-state index in [2.05, 4.69) is 39.6 Å². The summed E-state index contributed by atoms with van der Waals surface area (Å²) < 4.78 is 34.0. The van der Waals surface area contributed by atoms with E-state index in [-0.39, 0.29) is 16.8 Å². The Morgan fingerprint density at radius 2 is 1.73 bits per heavy atom. The summed E-state index contributed by atoms with van der Waals surface area (Å²) in [5, 5.41) is 2.72. The van der Waals surface area contributed by atoms with Gasteiger partial charge in [0, 0.05) is 43.1 Å². The van der Waals surface area contributed by atoms with Crippen LogP contribution in [-0.4, -0.2) is 52.1 Å². The lowest BCUT2D eigenvalue weighted by molar-refractivity contribution is -0.194. The van der Waals surface area contributed by atoms with Gasteiger partial charge in [0.1, 0.15) is 0 Å². The number of hydrogen-bond acceptors (Lipinski definition) is 8. The van der Waals surface area contributed by atoms with Crippen LogP contribution in [0.5, 0.6) is 0 Å². The zero-order chi connectivity index (χ0) is 27.9. The molecule has 2 aromatic carbocycles. The van der Waals surface area contributed by atoms with Gasteiger partial charge in [-0.25, -0.2) is 17.4 Å². The van der Waals surface area contributed by atoms with Crippen LogP contribution in [-0.2, 0) is 32.6 Å². The largest absolute Gasteiger partial charge is 0.442 e. The molecule has 1 atom stereocenters. The maximum absolute atomic E-state index is 13.3. The van der Waals surface area contributed by atoms with Crippen molar-refractivity contribution in [2.75, 3.05) is 18.5 Å². The fourth-order valence-corrected chi connectivity index (χ4v) is 7.34. The molecule has 0 bridgehead atoms. The number of rotatable bonds is 7.